The molecule has 1 aliphatic heterocycles. The molecule has 0 bridgehead atoms. The first-order valence-electron chi connectivity index (χ1n) is 7.09. The predicted octanol–water partition coefficient (Wildman–Crippen LogP) is 2.55. The normalized spacial score (nSPS) is 18.8. The maximum atomic E-state index is 8.85. The minimum atomic E-state index is 0.197. The van der Waals surface area contributed by atoms with Crippen LogP contribution in [0, 0.1) is 0 Å². The van der Waals surface area contributed by atoms with Crippen molar-refractivity contribution in [3.05, 3.63) is 35.4 Å². The van der Waals surface area contributed by atoms with Gasteiger partial charge >= 0.3 is 0 Å². The highest BCUT2D eigenvalue weighted by Crippen LogP contribution is 2.16. The molecule has 0 aromatic heterocycles. The van der Waals surface area contributed by atoms with Gasteiger partial charge in [-0.25, -0.2) is 0 Å². The number of nitrogens with zero attached hydrogens (tertiary/aromatic N) is 2. The molecule has 0 aliphatic carbocycles. The van der Waals surface area contributed by atoms with E-state index in [0.29, 0.717) is 0 Å². The third kappa shape index (κ3) is 3.96. The standard InChI is InChI=1S/C15H23N3O/c16-15(17-19)14-9-5-4-8-13(14)12-18-10-6-2-1-3-7-11-18/h4-5,8-9,19H,1-3,6-7,10-12H2,(H2,16,17). The summed E-state index contributed by atoms with van der Waals surface area (Å²) in [5.41, 5.74) is 7.71. The molecule has 0 radical (unpaired) electrons. The molecule has 0 atom stereocenters. The van der Waals surface area contributed by atoms with Gasteiger partial charge in [-0.2, -0.15) is 0 Å². The molecule has 2 rings (SSSR count). The highest BCUT2D eigenvalue weighted by atomic mass is 16.4. The Balaban J connectivity index is 2.09. The zero-order valence-electron chi connectivity index (χ0n) is 11.4. The molecule has 1 heterocycles. The van der Waals surface area contributed by atoms with Crippen LogP contribution in [0.4, 0.5) is 0 Å². The second kappa shape index (κ2) is 7.14. The summed E-state index contributed by atoms with van der Waals surface area (Å²) in [5, 5.41) is 12.0. The molecule has 4 nitrogen and oxygen atoms in total. The minimum Gasteiger partial charge on any atom is -0.409 e. The Morgan fingerprint density at radius 2 is 1.74 bits per heavy atom. The Labute approximate surface area is 114 Å². The van der Waals surface area contributed by atoms with Gasteiger partial charge in [-0.3, -0.25) is 4.90 Å². The number of likely N-dealkylation sites (tertiary alicyclic amines) is 1. The van der Waals surface area contributed by atoms with Crippen LogP contribution in [0.2, 0.25) is 0 Å². The number of hydrogen-bond donors (Lipinski definition) is 2. The van der Waals surface area contributed by atoms with Gasteiger partial charge in [-0.15, -0.1) is 0 Å². The van der Waals surface area contributed by atoms with E-state index in [2.05, 4.69) is 16.1 Å². The van der Waals surface area contributed by atoms with Crippen LogP contribution in [0.5, 0.6) is 0 Å². The lowest BCUT2D eigenvalue weighted by Gasteiger charge is -2.25. The van der Waals surface area contributed by atoms with Crippen molar-refractivity contribution in [1.29, 1.82) is 0 Å². The number of benzene rings is 1. The predicted molar refractivity (Wildman–Crippen MR) is 77.3 cm³/mol. The fraction of sp³-hybridized carbons (Fsp3) is 0.533. The van der Waals surface area contributed by atoms with E-state index >= 15 is 0 Å². The first-order valence-corrected chi connectivity index (χ1v) is 7.09. The molecule has 4 heteroatoms. The third-order valence-corrected chi connectivity index (χ3v) is 3.74. The SMILES string of the molecule is N/C(=N\O)c1ccccc1CN1CCCCCCC1. The van der Waals surface area contributed by atoms with Crippen LogP contribution in [0.3, 0.4) is 0 Å². The van der Waals surface area contributed by atoms with Crippen molar-refractivity contribution >= 4 is 5.84 Å². The van der Waals surface area contributed by atoms with E-state index in [1.165, 1.54) is 32.1 Å². The monoisotopic (exact) mass is 261 g/mol. The fourth-order valence-electron chi connectivity index (χ4n) is 2.67. The van der Waals surface area contributed by atoms with Gasteiger partial charge in [0.05, 0.1) is 0 Å². The second-order valence-electron chi connectivity index (χ2n) is 5.19. The maximum Gasteiger partial charge on any atom is 0.170 e. The molecule has 3 N–H and O–H groups in total. The van der Waals surface area contributed by atoms with Gasteiger partial charge in [0.15, 0.2) is 5.84 Å². The average molecular weight is 261 g/mol. The maximum absolute atomic E-state index is 8.85. The van der Waals surface area contributed by atoms with Gasteiger partial charge in [0, 0.05) is 12.1 Å². The zero-order valence-corrected chi connectivity index (χ0v) is 11.4. The van der Waals surface area contributed by atoms with Crippen LogP contribution in [0.1, 0.15) is 43.2 Å². The van der Waals surface area contributed by atoms with E-state index in [4.69, 9.17) is 10.9 Å². The van der Waals surface area contributed by atoms with Crippen molar-refractivity contribution in [1.82, 2.24) is 4.90 Å². The quantitative estimate of drug-likeness (QED) is 0.380. The summed E-state index contributed by atoms with van der Waals surface area (Å²) in [5.74, 6) is 0.197. The summed E-state index contributed by atoms with van der Waals surface area (Å²) in [6, 6.07) is 7.90. The van der Waals surface area contributed by atoms with E-state index in [1.807, 2.05) is 18.2 Å². The second-order valence-corrected chi connectivity index (χ2v) is 5.19. The number of hydrogen-bond acceptors (Lipinski definition) is 3. The summed E-state index contributed by atoms with van der Waals surface area (Å²) in [4.78, 5) is 2.47. The van der Waals surface area contributed by atoms with Crippen LogP contribution in [0.15, 0.2) is 29.4 Å². The van der Waals surface area contributed by atoms with Crippen molar-refractivity contribution in [2.75, 3.05) is 13.1 Å². The van der Waals surface area contributed by atoms with E-state index in [1.54, 1.807) is 0 Å². The highest BCUT2D eigenvalue weighted by Gasteiger charge is 2.12. The Hall–Kier alpha value is -1.55. The van der Waals surface area contributed by atoms with Gasteiger partial charge < -0.3 is 10.9 Å². The van der Waals surface area contributed by atoms with E-state index in [9.17, 15) is 0 Å². The van der Waals surface area contributed by atoms with Crippen LogP contribution < -0.4 is 5.73 Å². The third-order valence-electron chi connectivity index (χ3n) is 3.74. The van der Waals surface area contributed by atoms with Crippen molar-refractivity contribution in [3.8, 4) is 0 Å². The van der Waals surface area contributed by atoms with Crippen molar-refractivity contribution in [2.24, 2.45) is 10.9 Å². The van der Waals surface area contributed by atoms with Gasteiger partial charge in [-0.05, 0) is 31.5 Å². The first-order chi connectivity index (χ1) is 9.31. The Bertz CT molecular complexity index is 423. The summed E-state index contributed by atoms with van der Waals surface area (Å²) in [6.07, 6.45) is 6.57. The topological polar surface area (TPSA) is 61.9 Å². The molecule has 1 saturated heterocycles. The molecule has 0 saturated carbocycles. The average Bonchev–Trinajstić information content (AvgIpc) is 2.41. The molecule has 0 spiro atoms. The molecule has 1 aliphatic rings. The zero-order chi connectivity index (χ0) is 13.5. The Morgan fingerprint density at radius 3 is 2.42 bits per heavy atom. The van der Waals surface area contributed by atoms with Crippen molar-refractivity contribution in [3.63, 3.8) is 0 Å². The van der Waals surface area contributed by atoms with E-state index in [0.717, 1.165) is 30.8 Å². The molecular formula is C15H23N3O. The summed E-state index contributed by atoms with van der Waals surface area (Å²) >= 11 is 0. The Morgan fingerprint density at radius 1 is 1.11 bits per heavy atom. The lowest BCUT2D eigenvalue weighted by Crippen LogP contribution is -2.28. The molecule has 1 fully saturated rings. The van der Waals surface area contributed by atoms with Gasteiger partial charge in [0.1, 0.15) is 0 Å². The van der Waals surface area contributed by atoms with Crippen molar-refractivity contribution in [2.45, 2.75) is 38.6 Å². The van der Waals surface area contributed by atoms with Crippen LogP contribution in [-0.4, -0.2) is 29.0 Å². The molecule has 104 valence electrons. The number of amidine groups is 1. The van der Waals surface area contributed by atoms with E-state index in [-0.39, 0.29) is 5.84 Å². The molecular weight excluding hydrogens is 238 g/mol. The highest BCUT2D eigenvalue weighted by molar-refractivity contribution is 5.98. The smallest absolute Gasteiger partial charge is 0.170 e. The summed E-state index contributed by atoms with van der Waals surface area (Å²) in [7, 11) is 0. The lowest BCUT2D eigenvalue weighted by atomic mass is 10.0. The van der Waals surface area contributed by atoms with Gasteiger partial charge in [0.2, 0.25) is 0 Å². The van der Waals surface area contributed by atoms with Crippen LogP contribution in [-0.2, 0) is 6.54 Å². The van der Waals surface area contributed by atoms with Crippen LogP contribution in [0.25, 0.3) is 0 Å². The molecule has 1 aromatic rings. The number of rotatable bonds is 3. The molecule has 1 aromatic carbocycles. The Kier molecular flexibility index (Phi) is 5.21. The number of oxime groups is 1. The molecule has 19 heavy (non-hydrogen) atoms. The van der Waals surface area contributed by atoms with Crippen molar-refractivity contribution < 1.29 is 5.21 Å². The van der Waals surface area contributed by atoms with E-state index < -0.39 is 0 Å². The largest absolute Gasteiger partial charge is 0.409 e. The van der Waals surface area contributed by atoms with Crippen LogP contribution >= 0.6 is 0 Å². The lowest BCUT2D eigenvalue weighted by molar-refractivity contribution is 0.239. The fourth-order valence-corrected chi connectivity index (χ4v) is 2.67. The summed E-state index contributed by atoms with van der Waals surface area (Å²) < 4.78 is 0. The summed E-state index contributed by atoms with van der Waals surface area (Å²) in [6.45, 7) is 3.17. The first kappa shape index (κ1) is 13.9. The minimum absolute atomic E-state index is 0.197. The van der Waals surface area contributed by atoms with Gasteiger partial charge in [0.25, 0.3) is 0 Å². The van der Waals surface area contributed by atoms with Gasteiger partial charge in [-0.1, -0.05) is 48.7 Å². The molecule has 0 unspecified atom stereocenters. The molecule has 0 amide bonds. The number of nitrogens with two attached hydrogens (primary N) is 1.